The first-order chi connectivity index (χ1) is 19.3. The van der Waals surface area contributed by atoms with Crippen LogP contribution in [0.3, 0.4) is 0 Å². The number of likely N-dealkylation sites (N-methyl/N-ethyl adjacent to an activating group) is 3. The first-order valence-electron chi connectivity index (χ1n) is 13.2. The molecule has 1 aliphatic rings. The minimum absolute atomic E-state index is 0.185. The SMILES string of the molecule is CNCCN(C)C(=O)c1ccc(N2CCN(CCN(C)c3nc(N)n4nc(-c5ccco5)nc4n3)CC2)c(F)c1. The van der Waals surface area contributed by atoms with Gasteiger partial charge < -0.3 is 30.2 Å². The number of fused-ring (bicyclic) bond motifs is 1. The second-order valence-electron chi connectivity index (χ2n) is 9.75. The van der Waals surface area contributed by atoms with Crippen molar-refractivity contribution in [3.8, 4) is 11.6 Å². The summed E-state index contributed by atoms with van der Waals surface area (Å²) in [6.45, 7) is 5.59. The highest BCUT2D eigenvalue weighted by Gasteiger charge is 2.22. The molecular formula is C26H34FN11O2. The number of rotatable bonds is 10. The molecule has 1 aliphatic heterocycles. The molecule has 0 saturated carbocycles. The van der Waals surface area contributed by atoms with E-state index in [-0.39, 0.29) is 17.7 Å². The molecule has 1 amide bonds. The van der Waals surface area contributed by atoms with Crippen molar-refractivity contribution in [3.63, 3.8) is 0 Å². The number of nitrogens with one attached hydrogen (secondary N) is 1. The second kappa shape index (κ2) is 11.8. The Morgan fingerprint density at radius 2 is 1.93 bits per heavy atom. The van der Waals surface area contributed by atoms with Crippen LogP contribution in [0.2, 0.25) is 0 Å². The second-order valence-corrected chi connectivity index (χ2v) is 9.75. The fraction of sp³-hybridized carbons (Fsp3) is 0.423. The highest BCUT2D eigenvalue weighted by atomic mass is 19.1. The zero-order valence-corrected chi connectivity index (χ0v) is 22.9. The van der Waals surface area contributed by atoms with E-state index in [1.807, 2.05) is 23.9 Å². The van der Waals surface area contributed by atoms with E-state index in [0.29, 0.717) is 67.3 Å². The monoisotopic (exact) mass is 551 g/mol. The lowest BCUT2D eigenvalue weighted by Crippen LogP contribution is -2.48. The number of hydrogen-bond acceptors (Lipinski definition) is 11. The van der Waals surface area contributed by atoms with E-state index in [9.17, 15) is 9.18 Å². The predicted molar refractivity (Wildman–Crippen MR) is 150 cm³/mol. The number of benzene rings is 1. The van der Waals surface area contributed by atoms with E-state index < -0.39 is 0 Å². The molecule has 212 valence electrons. The molecule has 3 aromatic heterocycles. The molecule has 1 fully saturated rings. The quantitative estimate of drug-likeness (QED) is 0.293. The third-order valence-electron chi connectivity index (χ3n) is 7.01. The number of halogens is 1. The van der Waals surface area contributed by atoms with Gasteiger partial charge in [0.2, 0.25) is 17.7 Å². The Morgan fingerprint density at radius 3 is 2.62 bits per heavy atom. The zero-order valence-electron chi connectivity index (χ0n) is 22.9. The Kier molecular flexibility index (Phi) is 8.07. The first kappa shape index (κ1) is 27.3. The zero-order chi connectivity index (χ0) is 28.2. The van der Waals surface area contributed by atoms with Crippen molar-refractivity contribution in [3.05, 3.63) is 48.0 Å². The number of hydrogen-bond donors (Lipinski definition) is 2. The van der Waals surface area contributed by atoms with Gasteiger partial charge in [0.05, 0.1) is 12.0 Å². The Bertz CT molecular complexity index is 1450. The summed E-state index contributed by atoms with van der Waals surface area (Å²) in [5.41, 5.74) is 7.00. The van der Waals surface area contributed by atoms with Gasteiger partial charge in [-0.25, -0.2) is 4.39 Å². The molecular weight excluding hydrogens is 517 g/mol. The number of carbonyl (C=O) groups is 1. The molecule has 0 spiro atoms. The number of anilines is 3. The average Bonchev–Trinajstić information content (AvgIpc) is 3.65. The molecule has 14 heteroatoms. The van der Waals surface area contributed by atoms with Gasteiger partial charge in [0, 0.05) is 72.0 Å². The molecule has 4 aromatic rings. The van der Waals surface area contributed by atoms with Gasteiger partial charge in [0.25, 0.3) is 11.7 Å². The summed E-state index contributed by atoms with van der Waals surface area (Å²) >= 11 is 0. The third-order valence-corrected chi connectivity index (χ3v) is 7.01. The molecule has 0 aliphatic carbocycles. The fourth-order valence-corrected chi connectivity index (χ4v) is 4.58. The third kappa shape index (κ3) is 5.82. The number of nitrogens with zero attached hydrogens (tertiary/aromatic N) is 9. The molecule has 40 heavy (non-hydrogen) atoms. The Balaban J connectivity index is 1.15. The fourth-order valence-electron chi connectivity index (χ4n) is 4.58. The maximum absolute atomic E-state index is 15.0. The Hall–Kier alpha value is -4.30. The van der Waals surface area contributed by atoms with Crippen LogP contribution in [0.5, 0.6) is 0 Å². The van der Waals surface area contributed by atoms with E-state index in [1.54, 1.807) is 42.5 Å². The summed E-state index contributed by atoms with van der Waals surface area (Å²) in [5.74, 6) is 1.32. The predicted octanol–water partition coefficient (Wildman–Crippen LogP) is 1.05. The van der Waals surface area contributed by atoms with Crippen LogP contribution in [0.15, 0.2) is 41.0 Å². The molecule has 5 rings (SSSR count). The summed E-state index contributed by atoms with van der Waals surface area (Å²) in [6, 6.07) is 8.27. The molecule has 3 N–H and O–H groups in total. The van der Waals surface area contributed by atoms with Gasteiger partial charge in [0.15, 0.2) is 5.76 Å². The normalized spacial score (nSPS) is 14.2. The Morgan fingerprint density at radius 1 is 1.12 bits per heavy atom. The summed E-state index contributed by atoms with van der Waals surface area (Å²) < 4.78 is 21.7. The van der Waals surface area contributed by atoms with Crippen molar-refractivity contribution in [1.29, 1.82) is 0 Å². The van der Waals surface area contributed by atoms with Gasteiger partial charge in [0.1, 0.15) is 5.82 Å². The van der Waals surface area contributed by atoms with Crippen LogP contribution in [0, 0.1) is 5.82 Å². The molecule has 1 saturated heterocycles. The minimum atomic E-state index is -0.380. The number of nitrogens with two attached hydrogens (primary N) is 1. The van der Waals surface area contributed by atoms with Crippen LogP contribution in [-0.4, -0.2) is 114 Å². The molecule has 0 unspecified atom stereocenters. The first-order valence-corrected chi connectivity index (χ1v) is 13.2. The van der Waals surface area contributed by atoms with Crippen LogP contribution >= 0.6 is 0 Å². The number of amides is 1. The molecule has 1 aromatic carbocycles. The molecule has 0 bridgehead atoms. The molecule has 0 radical (unpaired) electrons. The Labute approximate surface area is 231 Å². The lowest BCUT2D eigenvalue weighted by molar-refractivity contribution is 0.0796. The van der Waals surface area contributed by atoms with E-state index in [0.717, 1.165) is 19.6 Å². The molecule has 4 heterocycles. The minimum Gasteiger partial charge on any atom is -0.461 e. The summed E-state index contributed by atoms with van der Waals surface area (Å²) in [6.07, 6.45) is 1.55. The number of carbonyl (C=O) groups excluding carboxylic acids is 1. The van der Waals surface area contributed by atoms with Gasteiger partial charge in [-0.2, -0.15) is 19.5 Å². The summed E-state index contributed by atoms with van der Waals surface area (Å²) in [5, 5.41) is 7.34. The van der Waals surface area contributed by atoms with Crippen molar-refractivity contribution in [2.45, 2.75) is 0 Å². The van der Waals surface area contributed by atoms with E-state index in [2.05, 4.69) is 30.3 Å². The van der Waals surface area contributed by atoms with Crippen LogP contribution in [0.1, 0.15) is 10.4 Å². The van der Waals surface area contributed by atoms with Gasteiger partial charge in [-0.15, -0.1) is 5.10 Å². The van der Waals surface area contributed by atoms with Crippen LogP contribution in [0.25, 0.3) is 17.4 Å². The van der Waals surface area contributed by atoms with Gasteiger partial charge >= 0.3 is 0 Å². The lowest BCUT2D eigenvalue weighted by atomic mass is 10.1. The average molecular weight is 552 g/mol. The highest BCUT2D eigenvalue weighted by Crippen LogP contribution is 2.23. The highest BCUT2D eigenvalue weighted by molar-refractivity contribution is 5.94. The topological polar surface area (TPSA) is 137 Å². The van der Waals surface area contributed by atoms with Gasteiger partial charge in [-0.3, -0.25) is 9.69 Å². The standard InChI is InChI=1S/C26H34FN11O2/c1-29-8-9-34(2)23(39)18-6-7-20(19(27)17-18)37-14-12-36(13-15-37)11-10-35(3)25-31-24(28)38-26(32-25)30-22(33-38)21-5-4-16-40-21/h4-7,16-17,29H,8-15H2,1-3H3,(H2,28,30,31,32,33). The maximum atomic E-state index is 15.0. The number of nitrogen functional groups attached to an aromatic ring is 1. The smallest absolute Gasteiger partial charge is 0.259 e. The van der Waals surface area contributed by atoms with Crippen molar-refractivity contribution in [2.75, 3.05) is 89.0 Å². The molecule has 0 atom stereocenters. The largest absolute Gasteiger partial charge is 0.461 e. The van der Waals surface area contributed by atoms with Gasteiger partial charge in [-0.05, 0) is 37.4 Å². The summed E-state index contributed by atoms with van der Waals surface area (Å²) in [4.78, 5) is 33.7. The molecule has 13 nitrogen and oxygen atoms in total. The van der Waals surface area contributed by atoms with Crippen LogP contribution in [-0.2, 0) is 0 Å². The van der Waals surface area contributed by atoms with Crippen LogP contribution < -0.4 is 20.9 Å². The number of piperazine rings is 1. The van der Waals surface area contributed by atoms with Crippen molar-refractivity contribution in [2.24, 2.45) is 0 Å². The van der Waals surface area contributed by atoms with Crippen molar-refractivity contribution in [1.82, 2.24) is 39.7 Å². The van der Waals surface area contributed by atoms with Gasteiger partial charge in [-0.1, -0.05) is 0 Å². The number of aromatic nitrogens is 5. The van der Waals surface area contributed by atoms with E-state index in [1.165, 1.54) is 10.6 Å². The van der Waals surface area contributed by atoms with Crippen molar-refractivity contribution >= 4 is 29.3 Å². The van der Waals surface area contributed by atoms with E-state index in [4.69, 9.17) is 10.2 Å². The maximum Gasteiger partial charge on any atom is 0.259 e. The lowest BCUT2D eigenvalue weighted by Gasteiger charge is -2.36. The van der Waals surface area contributed by atoms with Crippen LogP contribution in [0.4, 0.5) is 22.0 Å². The summed E-state index contributed by atoms with van der Waals surface area (Å²) in [7, 11) is 5.45. The number of furan rings is 1. The van der Waals surface area contributed by atoms with E-state index >= 15 is 0 Å². The van der Waals surface area contributed by atoms with Crippen molar-refractivity contribution < 1.29 is 13.6 Å².